The van der Waals surface area contributed by atoms with Crippen LogP contribution in [0.4, 0.5) is 4.39 Å². The van der Waals surface area contributed by atoms with Crippen molar-refractivity contribution < 1.29 is 8.91 Å². The second kappa shape index (κ2) is 9.34. The number of hydrogen-bond donors (Lipinski definition) is 2. The normalized spacial score (nSPS) is 11.0. The zero-order chi connectivity index (χ0) is 15.1. The monoisotopic (exact) mass is 419 g/mol. The maximum Gasteiger partial charge on any atom is 0.223 e. The Balaban J connectivity index is 0.00000242. The van der Waals surface area contributed by atoms with Crippen molar-refractivity contribution in [1.29, 1.82) is 0 Å². The SMILES string of the molecule is CN=C(NCCc1ccc(F)cc1)NCc1noc(C)n1.I. The van der Waals surface area contributed by atoms with Crippen molar-refractivity contribution >= 4 is 29.9 Å². The number of aryl methyl sites for hydroxylation is 1. The number of nitrogens with one attached hydrogen (secondary N) is 2. The van der Waals surface area contributed by atoms with Gasteiger partial charge in [0.2, 0.25) is 5.89 Å². The van der Waals surface area contributed by atoms with Gasteiger partial charge in [0.05, 0.1) is 6.54 Å². The molecule has 1 aromatic heterocycles. The van der Waals surface area contributed by atoms with Gasteiger partial charge >= 0.3 is 0 Å². The lowest BCUT2D eigenvalue weighted by Crippen LogP contribution is -2.38. The Kier molecular flexibility index (Phi) is 7.78. The molecule has 8 heteroatoms. The fourth-order valence-corrected chi connectivity index (χ4v) is 1.77. The molecule has 0 fully saturated rings. The van der Waals surface area contributed by atoms with Crippen molar-refractivity contribution in [2.24, 2.45) is 4.99 Å². The summed E-state index contributed by atoms with van der Waals surface area (Å²) in [6.45, 7) is 2.87. The number of nitrogens with zero attached hydrogens (tertiary/aromatic N) is 3. The molecule has 0 saturated carbocycles. The Morgan fingerprint density at radius 3 is 2.59 bits per heavy atom. The standard InChI is InChI=1S/C14H18FN5O.HI/c1-10-19-13(20-21-10)9-18-14(16-2)17-8-7-11-3-5-12(15)6-4-11;/h3-6H,7-9H2,1-2H3,(H2,16,17,18);1H. The Hall–Kier alpha value is -1.71. The molecule has 0 aliphatic heterocycles. The lowest BCUT2D eigenvalue weighted by Gasteiger charge is -2.10. The lowest BCUT2D eigenvalue weighted by molar-refractivity contribution is 0.387. The molecule has 0 atom stereocenters. The Labute approximate surface area is 145 Å². The van der Waals surface area contributed by atoms with Gasteiger partial charge < -0.3 is 15.2 Å². The molecule has 0 radical (unpaired) electrons. The molecule has 120 valence electrons. The third kappa shape index (κ3) is 5.96. The fraction of sp³-hybridized carbons (Fsp3) is 0.357. The van der Waals surface area contributed by atoms with Crippen molar-refractivity contribution in [3.63, 3.8) is 0 Å². The third-order valence-corrected chi connectivity index (χ3v) is 2.83. The number of rotatable bonds is 5. The zero-order valence-electron chi connectivity index (χ0n) is 12.5. The summed E-state index contributed by atoms with van der Waals surface area (Å²) < 4.78 is 17.7. The van der Waals surface area contributed by atoms with E-state index < -0.39 is 0 Å². The van der Waals surface area contributed by atoms with Crippen LogP contribution >= 0.6 is 24.0 Å². The van der Waals surface area contributed by atoms with Crippen LogP contribution in [0.15, 0.2) is 33.8 Å². The summed E-state index contributed by atoms with van der Waals surface area (Å²) in [4.78, 5) is 8.20. The van der Waals surface area contributed by atoms with Gasteiger partial charge in [0, 0.05) is 20.5 Å². The average Bonchev–Trinajstić information content (AvgIpc) is 2.90. The van der Waals surface area contributed by atoms with Gasteiger partial charge in [0.1, 0.15) is 5.82 Å². The largest absolute Gasteiger partial charge is 0.356 e. The van der Waals surface area contributed by atoms with Crippen LogP contribution in [0.2, 0.25) is 0 Å². The minimum absolute atomic E-state index is 0. The van der Waals surface area contributed by atoms with Gasteiger partial charge in [-0.05, 0) is 24.1 Å². The highest BCUT2D eigenvalue weighted by Gasteiger charge is 2.03. The first-order valence-electron chi connectivity index (χ1n) is 6.65. The van der Waals surface area contributed by atoms with Gasteiger partial charge in [-0.1, -0.05) is 17.3 Å². The quantitative estimate of drug-likeness (QED) is 0.441. The molecule has 0 unspecified atom stereocenters. The van der Waals surface area contributed by atoms with E-state index >= 15 is 0 Å². The summed E-state index contributed by atoms with van der Waals surface area (Å²) >= 11 is 0. The first-order chi connectivity index (χ1) is 10.2. The molecule has 1 heterocycles. The van der Waals surface area contributed by atoms with Gasteiger partial charge in [-0.2, -0.15) is 4.98 Å². The molecule has 0 bridgehead atoms. The van der Waals surface area contributed by atoms with Crippen LogP contribution in [0.5, 0.6) is 0 Å². The molecule has 0 spiro atoms. The molecular weight excluding hydrogens is 400 g/mol. The zero-order valence-corrected chi connectivity index (χ0v) is 14.8. The van der Waals surface area contributed by atoms with E-state index in [2.05, 4.69) is 25.8 Å². The summed E-state index contributed by atoms with van der Waals surface area (Å²) in [6.07, 6.45) is 0.780. The van der Waals surface area contributed by atoms with Gasteiger partial charge in [-0.25, -0.2) is 4.39 Å². The van der Waals surface area contributed by atoms with E-state index in [0.29, 0.717) is 30.8 Å². The molecule has 0 saturated heterocycles. The molecule has 2 N–H and O–H groups in total. The fourth-order valence-electron chi connectivity index (χ4n) is 1.77. The summed E-state index contributed by atoms with van der Waals surface area (Å²) in [7, 11) is 1.69. The molecular formula is C14H19FIN5O. The number of benzene rings is 1. The molecule has 2 rings (SSSR count). The Morgan fingerprint density at radius 1 is 1.27 bits per heavy atom. The average molecular weight is 419 g/mol. The molecule has 0 amide bonds. The van der Waals surface area contributed by atoms with Crippen LogP contribution in [0, 0.1) is 12.7 Å². The van der Waals surface area contributed by atoms with Crippen molar-refractivity contribution in [3.8, 4) is 0 Å². The number of halogens is 2. The minimum atomic E-state index is -0.223. The van der Waals surface area contributed by atoms with E-state index in [1.165, 1.54) is 12.1 Å². The van der Waals surface area contributed by atoms with E-state index in [-0.39, 0.29) is 29.8 Å². The second-order valence-corrected chi connectivity index (χ2v) is 4.46. The van der Waals surface area contributed by atoms with Crippen molar-refractivity contribution in [2.45, 2.75) is 19.9 Å². The first kappa shape index (κ1) is 18.3. The molecule has 6 nitrogen and oxygen atoms in total. The van der Waals surface area contributed by atoms with Crippen LogP contribution < -0.4 is 10.6 Å². The van der Waals surface area contributed by atoms with Gasteiger partial charge in [0.25, 0.3) is 0 Å². The summed E-state index contributed by atoms with van der Waals surface area (Å²) in [6, 6.07) is 6.46. The van der Waals surface area contributed by atoms with Crippen molar-refractivity contribution in [2.75, 3.05) is 13.6 Å². The number of hydrogen-bond acceptors (Lipinski definition) is 4. The summed E-state index contributed by atoms with van der Waals surface area (Å²) in [5.41, 5.74) is 1.06. The van der Waals surface area contributed by atoms with E-state index in [9.17, 15) is 4.39 Å². The highest BCUT2D eigenvalue weighted by Crippen LogP contribution is 2.02. The molecule has 0 aliphatic carbocycles. The maximum absolute atomic E-state index is 12.8. The number of guanidine groups is 1. The van der Waals surface area contributed by atoms with Gasteiger partial charge in [-0.3, -0.25) is 4.99 Å². The topological polar surface area (TPSA) is 75.3 Å². The van der Waals surface area contributed by atoms with Crippen molar-refractivity contribution in [3.05, 3.63) is 47.4 Å². The van der Waals surface area contributed by atoms with Crippen LogP contribution in [0.25, 0.3) is 0 Å². The highest BCUT2D eigenvalue weighted by molar-refractivity contribution is 14.0. The molecule has 22 heavy (non-hydrogen) atoms. The van der Waals surface area contributed by atoms with Crippen molar-refractivity contribution in [1.82, 2.24) is 20.8 Å². The maximum atomic E-state index is 12.8. The number of aromatic nitrogens is 2. The predicted molar refractivity (Wildman–Crippen MR) is 92.8 cm³/mol. The van der Waals surface area contributed by atoms with E-state index in [4.69, 9.17) is 4.52 Å². The summed E-state index contributed by atoms with van der Waals surface area (Å²) in [5.74, 6) is 1.54. The number of aliphatic imine (C=N–C) groups is 1. The smallest absolute Gasteiger partial charge is 0.223 e. The van der Waals surface area contributed by atoms with Gasteiger partial charge in [-0.15, -0.1) is 24.0 Å². The van der Waals surface area contributed by atoms with Crippen LogP contribution in [0.3, 0.4) is 0 Å². The van der Waals surface area contributed by atoms with Crippen LogP contribution in [0.1, 0.15) is 17.3 Å². The van der Waals surface area contributed by atoms with Gasteiger partial charge in [0.15, 0.2) is 11.8 Å². The van der Waals surface area contributed by atoms with E-state index in [0.717, 1.165) is 12.0 Å². The third-order valence-electron chi connectivity index (χ3n) is 2.83. The molecule has 2 aromatic rings. The van der Waals surface area contributed by atoms with Crippen LogP contribution in [-0.2, 0) is 13.0 Å². The second-order valence-electron chi connectivity index (χ2n) is 4.46. The molecule has 0 aliphatic rings. The summed E-state index contributed by atoms with van der Waals surface area (Å²) in [5, 5.41) is 10.0. The highest BCUT2D eigenvalue weighted by atomic mass is 127. The lowest BCUT2D eigenvalue weighted by atomic mass is 10.1. The molecule has 1 aromatic carbocycles. The predicted octanol–water partition coefficient (Wildman–Crippen LogP) is 2.04. The Morgan fingerprint density at radius 2 is 2.00 bits per heavy atom. The Bertz CT molecular complexity index is 600. The van der Waals surface area contributed by atoms with E-state index in [1.54, 1.807) is 26.1 Å². The van der Waals surface area contributed by atoms with E-state index in [1.807, 2.05) is 0 Å². The van der Waals surface area contributed by atoms with Crippen LogP contribution in [-0.4, -0.2) is 29.7 Å². The minimum Gasteiger partial charge on any atom is -0.356 e. The first-order valence-corrected chi connectivity index (χ1v) is 6.65.